The molecular formula is C24H23N3O3S. The first-order valence-electron chi connectivity index (χ1n) is 10.1. The van der Waals surface area contributed by atoms with Crippen molar-refractivity contribution >= 4 is 34.2 Å². The Kier molecular flexibility index (Phi) is 6.54. The van der Waals surface area contributed by atoms with E-state index in [1.165, 1.54) is 17.4 Å². The number of thiophene rings is 1. The Bertz CT molecular complexity index is 1090. The van der Waals surface area contributed by atoms with Gasteiger partial charge >= 0.3 is 0 Å². The Morgan fingerprint density at radius 3 is 2.61 bits per heavy atom. The molecule has 0 saturated carbocycles. The first kappa shape index (κ1) is 21.0. The molecule has 1 aliphatic rings. The minimum absolute atomic E-state index is 0.0780. The lowest BCUT2D eigenvalue weighted by Crippen LogP contribution is -2.41. The second kappa shape index (κ2) is 9.68. The van der Waals surface area contributed by atoms with Crippen LogP contribution in [0.1, 0.15) is 21.5 Å². The number of pyridine rings is 1. The molecule has 1 saturated heterocycles. The van der Waals surface area contributed by atoms with Crippen LogP contribution in [0, 0.1) is 6.92 Å². The monoisotopic (exact) mass is 433 g/mol. The third-order valence-corrected chi connectivity index (χ3v) is 6.30. The summed E-state index contributed by atoms with van der Waals surface area (Å²) in [7, 11) is 0. The van der Waals surface area contributed by atoms with E-state index in [0.29, 0.717) is 36.9 Å². The second-order valence-corrected chi connectivity index (χ2v) is 8.16. The molecule has 0 spiro atoms. The number of anilines is 1. The van der Waals surface area contributed by atoms with E-state index in [0.717, 1.165) is 21.6 Å². The minimum Gasteiger partial charge on any atom is -0.378 e. The summed E-state index contributed by atoms with van der Waals surface area (Å²) in [5.41, 5.74) is 3.27. The van der Waals surface area contributed by atoms with E-state index in [-0.39, 0.29) is 11.8 Å². The van der Waals surface area contributed by atoms with E-state index < -0.39 is 0 Å². The Morgan fingerprint density at radius 1 is 1.13 bits per heavy atom. The number of carbonyl (C=O) groups is 2. The lowest BCUT2D eigenvalue weighted by molar-refractivity contribution is -0.111. The predicted molar refractivity (Wildman–Crippen MR) is 123 cm³/mol. The average molecular weight is 434 g/mol. The van der Waals surface area contributed by atoms with Gasteiger partial charge in [0, 0.05) is 36.4 Å². The molecule has 2 aromatic heterocycles. The second-order valence-electron chi connectivity index (χ2n) is 7.14. The Labute approximate surface area is 185 Å². The van der Waals surface area contributed by atoms with Gasteiger partial charge in [-0.15, -0.1) is 11.3 Å². The van der Waals surface area contributed by atoms with Gasteiger partial charge in [-0.3, -0.25) is 14.6 Å². The van der Waals surface area contributed by atoms with Crippen molar-refractivity contribution in [3.63, 3.8) is 0 Å². The summed E-state index contributed by atoms with van der Waals surface area (Å²) in [5.74, 6) is -0.369. The largest absolute Gasteiger partial charge is 0.378 e. The summed E-state index contributed by atoms with van der Waals surface area (Å²) in [6.45, 7) is 4.08. The molecule has 0 atom stereocenters. The number of nitrogens with one attached hydrogen (secondary N) is 1. The predicted octanol–water partition coefficient (Wildman–Crippen LogP) is 4.24. The summed E-state index contributed by atoms with van der Waals surface area (Å²) < 4.78 is 5.38. The molecule has 0 radical (unpaired) electrons. The van der Waals surface area contributed by atoms with Gasteiger partial charge in [-0.2, -0.15) is 0 Å². The number of carbonyl (C=O) groups excluding carboxylic acids is 2. The number of hydrogen-bond acceptors (Lipinski definition) is 5. The number of aromatic nitrogens is 1. The zero-order valence-electron chi connectivity index (χ0n) is 17.2. The molecule has 158 valence electrons. The standard InChI is InChI=1S/C24H23N3O3S/c1-17-21(24(29)27-12-14-30-15-13-27)23(31-22(17)19-7-3-2-4-8-19)26-20(28)10-9-18-6-5-11-25-16-18/h2-11,16H,12-15H2,1H3,(H,26,28)/b10-9+. The first-order valence-corrected chi connectivity index (χ1v) is 10.9. The molecule has 4 rings (SSSR count). The van der Waals surface area contributed by atoms with Crippen LogP contribution in [0.3, 0.4) is 0 Å². The van der Waals surface area contributed by atoms with Crippen molar-refractivity contribution in [3.8, 4) is 10.4 Å². The fourth-order valence-electron chi connectivity index (χ4n) is 3.45. The molecule has 1 aliphatic heterocycles. The molecule has 2 amide bonds. The number of morpholine rings is 1. The van der Waals surface area contributed by atoms with Crippen LogP contribution in [-0.2, 0) is 9.53 Å². The molecule has 0 aliphatic carbocycles. The SMILES string of the molecule is Cc1c(-c2ccccc2)sc(NC(=O)/C=C/c2cccnc2)c1C(=O)N1CCOCC1. The van der Waals surface area contributed by atoms with Crippen molar-refractivity contribution in [1.29, 1.82) is 0 Å². The zero-order valence-corrected chi connectivity index (χ0v) is 18.0. The van der Waals surface area contributed by atoms with Gasteiger partial charge in [0.25, 0.3) is 5.91 Å². The van der Waals surface area contributed by atoms with Gasteiger partial charge in [-0.1, -0.05) is 36.4 Å². The molecule has 0 bridgehead atoms. The lowest BCUT2D eigenvalue weighted by atomic mass is 10.1. The van der Waals surface area contributed by atoms with Crippen LogP contribution in [0.2, 0.25) is 0 Å². The van der Waals surface area contributed by atoms with E-state index >= 15 is 0 Å². The van der Waals surface area contributed by atoms with E-state index in [1.54, 1.807) is 23.4 Å². The maximum atomic E-state index is 13.3. The smallest absolute Gasteiger partial charge is 0.257 e. The summed E-state index contributed by atoms with van der Waals surface area (Å²) in [4.78, 5) is 32.8. The Morgan fingerprint density at radius 2 is 1.90 bits per heavy atom. The Balaban J connectivity index is 1.65. The highest BCUT2D eigenvalue weighted by molar-refractivity contribution is 7.20. The molecule has 7 heteroatoms. The van der Waals surface area contributed by atoms with E-state index in [9.17, 15) is 9.59 Å². The molecule has 3 heterocycles. The van der Waals surface area contributed by atoms with Crippen LogP contribution in [0.5, 0.6) is 0 Å². The van der Waals surface area contributed by atoms with Crippen molar-refractivity contribution in [2.24, 2.45) is 0 Å². The number of benzene rings is 1. The van der Waals surface area contributed by atoms with Crippen molar-refractivity contribution in [2.75, 3.05) is 31.6 Å². The first-order chi connectivity index (χ1) is 15.1. The van der Waals surface area contributed by atoms with Gasteiger partial charge < -0.3 is 15.0 Å². The summed E-state index contributed by atoms with van der Waals surface area (Å²) in [6, 6.07) is 13.6. The number of rotatable bonds is 5. The third-order valence-electron chi connectivity index (χ3n) is 5.04. The fraction of sp³-hybridized carbons (Fsp3) is 0.208. The summed E-state index contributed by atoms with van der Waals surface area (Å²) in [5, 5.41) is 3.49. The number of hydrogen-bond donors (Lipinski definition) is 1. The van der Waals surface area contributed by atoms with Crippen LogP contribution in [0.4, 0.5) is 5.00 Å². The quantitative estimate of drug-likeness (QED) is 0.611. The molecule has 3 aromatic rings. The average Bonchev–Trinajstić information content (AvgIpc) is 3.14. The van der Waals surface area contributed by atoms with Crippen LogP contribution in [0.25, 0.3) is 16.5 Å². The van der Waals surface area contributed by atoms with Crippen LogP contribution >= 0.6 is 11.3 Å². The van der Waals surface area contributed by atoms with E-state index in [1.807, 2.05) is 49.4 Å². The fourth-order valence-corrected chi connectivity index (χ4v) is 4.66. The lowest BCUT2D eigenvalue weighted by Gasteiger charge is -2.27. The van der Waals surface area contributed by atoms with Crippen molar-refractivity contribution < 1.29 is 14.3 Å². The minimum atomic E-state index is -0.291. The van der Waals surface area contributed by atoms with Gasteiger partial charge in [-0.05, 0) is 35.8 Å². The van der Waals surface area contributed by atoms with Crippen LogP contribution in [0.15, 0.2) is 60.9 Å². The Hall–Kier alpha value is -3.29. The third kappa shape index (κ3) is 4.90. The van der Waals surface area contributed by atoms with Crippen molar-refractivity contribution in [3.05, 3.63) is 77.6 Å². The highest BCUT2D eigenvalue weighted by Crippen LogP contribution is 2.40. The van der Waals surface area contributed by atoms with Crippen molar-refractivity contribution in [1.82, 2.24) is 9.88 Å². The van der Waals surface area contributed by atoms with Gasteiger partial charge in [0.1, 0.15) is 5.00 Å². The van der Waals surface area contributed by atoms with Crippen LogP contribution in [-0.4, -0.2) is 48.0 Å². The van der Waals surface area contributed by atoms with Gasteiger partial charge in [0.2, 0.25) is 5.91 Å². The zero-order chi connectivity index (χ0) is 21.6. The maximum Gasteiger partial charge on any atom is 0.257 e. The topological polar surface area (TPSA) is 71.5 Å². The van der Waals surface area contributed by atoms with E-state index in [4.69, 9.17) is 4.74 Å². The van der Waals surface area contributed by atoms with Crippen LogP contribution < -0.4 is 5.32 Å². The number of amides is 2. The number of ether oxygens (including phenoxy) is 1. The van der Waals surface area contributed by atoms with Gasteiger partial charge in [0.05, 0.1) is 18.8 Å². The highest BCUT2D eigenvalue weighted by atomic mass is 32.1. The summed E-state index contributed by atoms with van der Waals surface area (Å²) >= 11 is 1.42. The van der Waals surface area contributed by atoms with Crippen molar-refractivity contribution in [2.45, 2.75) is 6.92 Å². The number of nitrogens with zero attached hydrogens (tertiary/aromatic N) is 2. The molecule has 31 heavy (non-hydrogen) atoms. The molecule has 1 N–H and O–H groups in total. The molecular weight excluding hydrogens is 410 g/mol. The summed E-state index contributed by atoms with van der Waals surface area (Å²) in [6.07, 6.45) is 6.52. The van der Waals surface area contributed by atoms with E-state index in [2.05, 4.69) is 10.3 Å². The molecule has 0 unspecified atom stereocenters. The maximum absolute atomic E-state index is 13.3. The van der Waals surface area contributed by atoms with Gasteiger partial charge in [-0.25, -0.2) is 0 Å². The molecule has 6 nitrogen and oxygen atoms in total. The molecule has 1 aromatic carbocycles. The van der Waals surface area contributed by atoms with Gasteiger partial charge in [0.15, 0.2) is 0 Å². The normalized spacial score (nSPS) is 14.0. The highest BCUT2D eigenvalue weighted by Gasteiger charge is 2.27. The molecule has 1 fully saturated rings.